The van der Waals surface area contributed by atoms with Crippen molar-refractivity contribution >= 4 is 0 Å². The summed E-state index contributed by atoms with van der Waals surface area (Å²) in [5.74, 6) is 0.435. The van der Waals surface area contributed by atoms with Gasteiger partial charge in [-0.05, 0) is 5.41 Å². The summed E-state index contributed by atoms with van der Waals surface area (Å²) in [4.78, 5) is 0. The molecule has 2 aliphatic rings. The third kappa shape index (κ3) is 0.603. The molecule has 1 N–H and O–H groups in total. The van der Waals surface area contributed by atoms with Crippen molar-refractivity contribution in [2.75, 3.05) is 6.61 Å². The molecule has 1 nitrogen and oxygen atoms in total. The largest absolute Gasteiger partial charge is 0.396 e. The first kappa shape index (κ1) is 7.11. The third-order valence-corrected chi connectivity index (χ3v) is 3.52. The van der Waals surface area contributed by atoms with Crippen LogP contribution in [0.2, 0.25) is 0 Å². The van der Waals surface area contributed by atoms with Crippen LogP contribution in [-0.2, 0) is 0 Å². The van der Waals surface area contributed by atoms with E-state index >= 15 is 0 Å². The molecule has 0 amide bonds. The van der Waals surface area contributed by atoms with Crippen LogP contribution in [0.1, 0.15) is 13.8 Å². The smallest absolute Gasteiger partial charge is 0.0476 e. The highest BCUT2D eigenvalue weighted by Gasteiger charge is 2.67. The van der Waals surface area contributed by atoms with Crippen LogP contribution in [0.3, 0.4) is 0 Å². The van der Waals surface area contributed by atoms with E-state index in [9.17, 15) is 0 Å². The summed E-state index contributed by atoms with van der Waals surface area (Å²) >= 11 is 0. The topological polar surface area (TPSA) is 20.2 Å². The Morgan fingerprint density at radius 2 is 1.82 bits per heavy atom. The van der Waals surface area contributed by atoms with Crippen molar-refractivity contribution in [3.8, 4) is 0 Å². The van der Waals surface area contributed by atoms with Crippen molar-refractivity contribution in [2.45, 2.75) is 13.8 Å². The lowest BCUT2D eigenvalue weighted by atomic mass is 9.98. The fourth-order valence-corrected chi connectivity index (χ4v) is 2.47. The minimum absolute atomic E-state index is 0.196. The lowest BCUT2D eigenvalue weighted by Crippen LogP contribution is -1.98. The predicted molar refractivity (Wildman–Crippen MR) is 45.1 cm³/mol. The second kappa shape index (κ2) is 1.78. The molecule has 1 atom stereocenters. The Morgan fingerprint density at radius 1 is 1.27 bits per heavy atom. The minimum atomic E-state index is 0.196. The fourth-order valence-electron chi connectivity index (χ4n) is 2.47. The molecule has 0 heterocycles. The summed E-state index contributed by atoms with van der Waals surface area (Å²) < 4.78 is 0. The molecule has 11 heavy (non-hydrogen) atoms. The van der Waals surface area contributed by atoms with Crippen LogP contribution in [0.4, 0.5) is 0 Å². The SMILES string of the molecule is CC1(C)C(CO)C12C=CC=C2. The van der Waals surface area contributed by atoms with Crippen LogP contribution in [-0.4, -0.2) is 11.7 Å². The molecule has 0 aromatic carbocycles. The zero-order chi connectivity index (χ0) is 8.11. The summed E-state index contributed by atoms with van der Waals surface area (Å²) in [5.41, 5.74) is 0.465. The van der Waals surface area contributed by atoms with Crippen molar-refractivity contribution in [1.29, 1.82) is 0 Å². The third-order valence-electron chi connectivity index (χ3n) is 3.52. The number of allylic oxidation sites excluding steroid dienone is 4. The zero-order valence-corrected chi connectivity index (χ0v) is 7.04. The van der Waals surface area contributed by atoms with E-state index in [4.69, 9.17) is 5.11 Å². The van der Waals surface area contributed by atoms with Gasteiger partial charge in [0.1, 0.15) is 0 Å². The molecule has 2 rings (SSSR count). The van der Waals surface area contributed by atoms with Crippen LogP contribution in [0, 0.1) is 16.7 Å². The molecule has 60 valence electrons. The average molecular weight is 150 g/mol. The van der Waals surface area contributed by atoms with E-state index in [0.717, 1.165) is 0 Å². The van der Waals surface area contributed by atoms with Gasteiger partial charge in [0, 0.05) is 17.9 Å². The van der Waals surface area contributed by atoms with E-state index in [1.54, 1.807) is 0 Å². The maximum Gasteiger partial charge on any atom is 0.0476 e. The lowest BCUT2D eigenvalue weighted by molar-refractivity contribution is 0.254. The highest BCUT2D eigenvalue weighted by molar-refractivity contribution is 5.40. The van der Waals surface area contributed by atoms with Crippen molar-refractivity contribution in [1.82, 2.24) is 0 Å². The lowest BCUT2D eigenvalue weighted by Gasteiger charge is -2.05. The molecule has 1 fully saturated rings. The molecule has 1 heteroatoms. The van der Waals surface area contributed by atoms with E-state index in [2.05, 4.69) is 38.2 Å². The summed E-state index contributed by atoms with van der Waals surface area (Å²) in [6, 6.07) is 0. The fraction of sp³-hybridized carbons (Fsp3) is 0.600. The van der Waals surface area contributed by atoms with E-state index in [0.29, 0.717) is 12.5 Å². The van der Waals surface area contributed by atoms with Gasteiger partial charge in [-0.3, -0.25) is 0 Å². The van der Waals surface area contributed by atoms with E-state index in [1.807, 2.05) is 0 Å². The summed E-state index contributed by atoms with van der Waals surface area (Å²) in [6.45, 7) is 4.74. The molecule has 0 aromatic rings. The van der Waals surface area contributed by atoms with Gasteiger partial charge in [0.05, 0.1) is 0 Å². The zero-order valence-electron chi connectivity index (χ0n) is 7.04. The number of hydrogen-bond acceptors (Lipinski definition) is 1. The summed E-state index contributed by atoms with van der Waals surface area (Å²) in [5, 5.41) is 9.10. The molecule has 0 saturated heterocycles. The van der Waals surface area contributed by atoms with Crippen LogP contribution >= 0.6 is 0 Å². The molecular weight excluding hydrogens is 136 g/mol. The molecule has 0 radical (unpaired) electrons. The Kier molecular flexibility index (Phi) is 1.15. The van der Waals surface area contributed by atoms with Crippen molar-refractivity contribution in [3.05, 3.63) is 24.3 Å². The number of aliphatic hydroxyl groups is 1. The normalized spacial score (nSPS) is 35.0. The van der Waals surface area contributed by atoms with Crippen LogP contribution in [0.25, 0.3) is 0 Å². The maximum atomic E-state index is 9.10. The van der Waals surface area contributed by atoms with Gasteiger partial charge in [0.15, 0.2) is 0 Å². The second-order valence-electron chi connectivity index (χ2n) is 4.11. The Labute approximate surface area is 67.4 Å². The molecule has 2 aliphatic carbocycles. The van der Waals surface area contributed by atoms with Crippen molar-refractivity contribution < 1.29 is 5.11 Å². The van der Waals surface area contributed by atoms with Crippen LogP contribution < -0.4 is 0 Å². The highest BCUT2D eigenvalue weighted by atomic mass is 16.3. The maximum absolute atomic E-state index is 9.10. The molecule has 1 unspecified atom stereocenters. The molecule has 0 bridgehead atoms. The van der Waals surface area contributed by atoms with Gasteiger partial charge in [0.25, 0.3) is 0 Å². The van der Waals surface area contributed by atoms with Crippen molar-refractivity contribution in [2.24, 2.45) is 16.7 Å². The highest BCUT2D eigenvalue weighted by Crippen LogP contribution is 2.71. The second-order valence-corrected chi connectivity index (χ2v) is 4.11. The van der Waals surface area contributed by atoms with E-state index < -0.39 is 0 Å². The Balaban J connectivity index is 2.32. The standard InChI is InChI=1S/C10H14O/c1-9(2)8(7-11)10(9)5-3-4-6-10/h3-6,8,11H,7H2,1-2H3. The Hall–Kier alpha value is -0.560. The number of hydrogen-bond donors (Lipinski definition) is 1. The monoisotopic (exact) mass is 150 g/mol. The molecule has 0 aliphatic heterocycles. The first-order valence-corrected chi connectivity index (χ1v) is 4.13. The number of aliphatic hydroxyl groups excluding tert-OH is 1. The average Bonchev–Trinajstić information content (AvgIpc) is 2.36. The van der Waals surface area contributed by atoms with Gasteiger partial charge in [-0.15, -0.1) is 0 Å². The molecule has 1 saturated carbocycles. The van der Waals surface area contributed by atoms with Gasteiger partial charge in [0.2, 0.25) is 0 Å². The summed E-state index contributed by atoms with van der Waals surface area (Å²) in [6.07, 6.45) is 8.59. The molecule has 0 aromatic heterocycles. The van der Waals surface area contributed by atoms with E-state index in [1.165, 1.54) is 0 Å². The van der Waals surface area contributed by atoms with Crippen LogP contribution in [0.15, 0.2) is 24.3 Å². The first-order valence-electron chi connectivity index (χ1n) is 4.13. The predicted octanol–water partition coefficient (Wildman–Crippen LogP) is 1.75. The Bertz CT molecular complexity index is 223. The minimum Gasteiger partial charge on any atom is -0.396 e. The van der Waals surface area contributed by atoms with Crippen LogP contribution in [0.5, 0.6) is 0 Å². The first-order chi connectivity index (χ1) is 5.15. The quantitative estimate of drug-likeness (QED) is 0.603. The van der Waals surface area contributed by atoms with Gasteiger partial charge >= 0.3 is 0 Å². The van der Waals surface area contributed by atoms with Crippen molar-refractivity contribution in [3.63, 3.8) is 0 Å². The number of rotatable bonds is 1. The van der Waals surface area contributed by atoms with Gasteiger partial charge in [-0.25, -0.2) is 0 Å². The van der Waals surface area contributed by atoms with Gasteiger partial charge in [-0.1, -0.05) is 38.2 Å². The molecular formula is C10H14O. The summed E-state index contributed by atoms with van der Waals surface area (Å²) in [7, 11) is 0. The Morgan fingerprint density at radius 3 is 2.18 bits per heavy atom. The van der Waals surface area contributed by atoms with Gasteiger partial charge in [-0.2, -0.15) is 0 Å². The van der Waals surface area contributed by atoms with E-state index in [-0.39, 0.29) is 10.8 Å². The molecule has 1 spiro atoms. The van der Waals surface area contributed by atoms with Gasteiger partial charge < -0.3 is 5.11 Å².